The maximum atomic E-state index is 12.4. The highest BCUT2D eigenvalue weighted by Gasteiger charge is 2.49. The average Bonchev–Trinajstić information content (AvgIpc) is 2.59. The van der Waals surface area contributed by atoms with Gasteiger partial charge < -0.3 is 21.5 Å². The van der Waals surface area contributed by atoms with Gasteiger partial charge in [0.25, 0.3) is 0 Å². The van der Waals surface area contributed by atoms with Crippen molar-refractivity contribution in [3.05, 3.63) is 0 Å². The molecule has 6 nitrogen and oxygen atoms in total. The number of amides is 2. The predicted molar refractivity (Wildman–Crippen MR) is 60.7 cm³/mol. The van der Waals surface area contributed by atoms with E-state index in [1.54, 1.807) is 0 Å². The first-order valence-corrected chi connectivity index (χ1v) is 5.99. The number of nitrogens with two attached hydrogens (primary N) is 2. The molecule has 96 valence electrons. The lowest BCUT2D eigenvalue weighted by molar-refractivity contribution is -0.150. The fraction of sp³-hybridized carbons (Fsp3) is 0.818. The Morgan fingerprint density at radius 1 is 1.41 bits per heavy atom. The van der Waals surface area contributed by atoms with E-state index >= 15 is 0 Å². The molecule has 1 aliphatic carbocycles. The monoisotopic (exact) mass is 241 g/mol. The first-order valence-electron chi connectivity index (χ1n) is 5.99. The fourth-order valence-corrected chi connectivity index (χ4v) is 2.72. The number of likely N-dealkylation sites (tertiary alicyclic amines) is 1. The highest BCUT2D eigenvalue weighted by molar-refractivity contribution is 5.90. The lowest BCUT2D eigenvalue weighted by atomic mass is 9.67. The Labute approximate surface area is 99.9 Å². The summed E-state index contributed by atoms with van der Waals surface area (Å²) in [6.07, 6.45) is 2.09. The Kier molecular flexibility index (Phi) is 3.09. The summed E-state index contributed by atoms with van der Waals surface area (Å²) in [5, 5.41) is 9.56. The van der Waals surface area contributed by atoms with E-state index in [2.05, 4.69) is 0 Å². The molecular formula is C11H19N3O3. The van der Waals surface area contributed by atoms with E-state index in [1.165, 1.54) is 4.90 Å². The Hall–Kier alpha value is -1.14. The summed E-state index contributed by atoms with van der Waals surface area (Å²) >= 11 is 0. The second kappa shape index (κ2) is 4.27. The summed E-state index contributed by atoms with van der Waals surface area (Å²) in [7, 11) is 0. The van der Waals surface area contributed by atoms with Crippen LogP contribution in [-0.4, -0.2) is 47.1 Å². The zero-order chi connectivity index (χ0) is 12.6. The van der Waals surface area contributed by atoms with Crippen LogP contribution < -0.4 is 11.5 Å². The second-order valence-corrected chi connectivity index (χ2v) is 5.10. The summed E-state index contributed by atoms with van der Waals surface area (Å²) < 4.78 is 0. The molecule has 1 heterocycles. The van der Waals surface area contributed by atoms with Gasteiger partial charge in [-0.15, -0.1) is 0 Å². The maximum absolute atomic E-state index is 12.4. The number of rotatable bonds is 3. The standard InChI is InChI=1S/C11H19N3O3/c12-6-11(2-1-3-11)10(17)14-5-7(15)4-8(14)9(13)16/h7-8,15H,1-6,12H2,(H2,13,16). The van der Waals surface area contributed by atoms with E-state index < -0.39 is 23.5 Å². The van der Waals surface area contributed by atoms with Gasteiger partial charge in [-0.05, 0) is 12.8 Å². The van der Waals surface area contributed by atoms with Crippen molar-refractivity contribution < 1.29 is 14.7 Å². The van der Waals surface area contributed by atoms with Gasteiger partial charge in [-0.25, -0.2) is 0 Å². The molecular weight excluding hydrogens is 222 g/mol. The van der Waals surface area contributed by atoms with Gasteiger partial charge in [0.1, 0.15) is 6.04 Å². The van der Waals surface area contributed by atoms with E-state index in [1.807, 2.05) is 0 Å². The third-order valence-electron chi connectivity index (χ3n) is 4.02. The van der Waals surface area contributed by atoms with Crippen LogP contribution in [0.25, 0.3) is 0 Å². The first kappa shape index (κ1) is 12.3. The first-order chi connectivity index (χ1) is 8.00. The Morgan fingerprint density at radius 3 is 2.47 bits per heavy atom. The predicted octanol–water partition coefficient (Wildman–Crippen LogP) is -1.44. The number of hydrogen-bond donors (Lipinski definition) is 3. The lowest BCUT2D eigenvalue weighted by Gasteiger charge is -2.42. The zero-order valence-electron chi connectivity index (χ0n) is 9.76. The summed E-state index contributed by atoms with van der Waals surface area (Å²) in [4.78, 5) is 25.1. The molecule has 0 aromatic heterocycles. The molecule has 0 bridgehead atoms. The van der Waals surface area contributed by atoms with Crippen molar-refractivity contribution in [3.63, 3.8) is 0 Å². The molecule has 0 spiro atoms. The van der Waals surface area contributed by atoms with Crippen LogP contribution in [0.4, 0.5) is 0 Å². The van der Waals surface area contributed by atoms with Crippen molar-refractivity contribution >= 4 is 11.8 Å². The quantitative estimate of drug-likeness (QED) is 0.562. The maximum Gasteiger partial charge on any atom is 0.240 e. The van der Waals surface area contributed by atoms with Crippen molar-refractivity contribution in [3.8, 4) is 0 Å². The number of aliphatic hydroxyl groups excluding tert-OH is 1. The van der Waals surface area contributed by atoms with Crippen LogP contribution in [0, 0.1) is 5.41 Å². The van der Waals surface area contributed by atoms with Crippen LogP contribution in [0.1, 0.15) is 25.7 Å². The molecule has 2 amide bonds. The molecule has 2 unspecified atom stereocenters. The minimum atomic E-state index is -0.679. The van der Waals surface area contributed by atoms with Crippen LogP contribution in [0.15, 0.2) is 0 Å². The van der Waals surface area contributed by atoms with Crippen LogP contribution in [0.2, 0.25) is 0 Å². The van der Waals surface area contributed by atoms with Gasteiger partial charge in [-0.2, -0.15) is 0 Å². The minimum Gasteiger partial charge on any atom is -0.391 e. The third kappa shape index (κ3) is 1.91. The minimum absolute atomic E-state index is 0.119. The fourth-order valence-electron chi connectivity index (χ4n) is 2.72. The number of carbonyl (C=O) groups excluding carboxylic acids is 2. The number of nitrogens with zero attached hydrogens (tertiary/aromatic N) is 1. The molecule has 1 saturated heterocycles. The number of β-amino-alcohol motifs (C(OH)–C–C–N with tert-alkyl or cyclic N) is 1. The lowest BCUT2D eigenvalue weighted by Crippen LogP contribution is -2.55. The van der Waals surface area contributed by atoms with E-state index in [4.69, 9.17) is 11.5 Å². The second-order valence-electron chi connectivity index (χ2n) is 5.10. The molecule has 2 aliphatic rings. The molecule has 0 aromatic carbocycles. The van der Waals surface area contributed by atoms with E-state index in [9.17, 15) is 14.7 Å². The molecule has 0 aromatic rings. The van der Waals surface area contributed by atoms with E-state index in [-0.39, 0.29) is 18.9 Å². The number of carbonyl (C=O) groups is 2. The van der Waals surface area contributed by atoms with Crippen LogP contribution in [0.5, 0.6) is 0 Å². The Balaban J connectivity index is 2.15. The molecule has 5 N–H and O–H groups in total. The molecule has 2 rings (SSSR count). The topological polar surface area (TPSA) is 110 Å². The molecule has 6 heteroatoms. The van der Waals surface area contributed by atoms with Crippen LogP contribution in [0.3, 0.4) is 0 Å². The van der Waals surface area contributed by atoms with Crippen LogP contribution in [-0.2, 0) is 9.59 Å². The van der Waals surface area contributed by atoms with Crippen molar-refractivity contribution in [2.75, 3.05) is 13.1 Å². The zero-order valence-corrected chi connectivity index (χ0v) is 9.76. The van der Waals surface area contributed by atoms with Crippen LogP contribution >= 0.6 is 0 Å². The van der Waals surface area contributed by atoms with Crippen molar-refractivity contribution in [2.45, 2.75) is 37.8 Å². The molecule has 1 aliphatic heterocycles. The van der Waals surface area contributed by atoms with Crippen molar-refractivity contribution in [2.24, 2.45) is 16.9 Å². The van der Waals surface area contributed by atoms with Gasteiger partial charge >= 0.3 is 0 Å². The van der Waals surface area contributed by atoms with Gasteiger partial charge in [0.2, 0.25) is 11.8 Å². The van der Waals surface area contributed by atoms with E-state index in [0.29, 0.717) is 6.54 Å². The molecule has 17 heavy (non-hydrogen) atoms. The molecule has 2 atom stereocenters. The smallest absolute Gasteiger partial charge is 0.240 e. The molecule has 2 fully saturated rings. The summed E-state index contributed by atoms with van der Waals surface area (Å²) in [5.41, 5.74) is 10.4. The van der Waals surface area contributed by atoms with Crippen molar-refractivity contribution in [1.82, 2.24) is 4.90 Å². The number of aliphatic hydroxyl groups is 1. The van der Waals surface area contributed by atoms with Gasteiger partial charge in [-0.3, -0.25) is 9.59 Å². The normalized spacial score (nSPS) is 31.1. The van der Waals surface area contributed by atoms with E-state index in [0.717, 1.165) is 19.3 Å². The SMILES string of the molecule is NCC1(C(=O)N2CC(O)CC2C(N)=O)CCC1. The van der Waals surface area contributed by atoms with Gasteiger partial charge in [0.15, 0.2) is 0 Å². The van der Waals surface area contributed by atoms with Gasteiger partial charge in [-0.1, -0.05) is 6.42 Å². The Morgan fingerprint density at radius 2 is 2.06 bits per heavy atom. The number of primary amides is 1. The number of hydrogen-bond acceptors (Lipinski definition) is 4. The third-order valence-corrected chi connectivity index (χ3v) is 4.02. The van der Waals surface area contributed by atoms with Crippen molar-refractivity contribution in [1.29, 1.82) is 0 Å². The van der Waals surface area contributed by atoms with Gasteiger partial charge in [0.05, 0.1) is 11.5 Å². The summed E-state index contributed by atoms with van der Waals surface area (Å²) in [6, 6.07) is -0.679. The largest absolute Gasteiger partial charge is 0.391 e. The molecule has 0 radical (unpaired) electrons. The highest BCUT2D eigenvalue weighted by Crippen LogP contribution is 2.42. The highest BCUT2D eigenvalue weighted by atomic mass is 16.3. The summed E-state index contributed by atoms with van der Waals surface area (Å²) in [6.45, 7) is 0.484. The average molecular weight is 241 g/mol. The Bertz CT molecular complexity index is 335. The van der Waals surface area contributed by atoms with Gasteiger partial charge in [0, 0.05) is 19.5 Å². The summed E-state index contributed by atoms with van der Waals surface area (Å²) in [5.74, 6) is -0.673. The molecule has 1 saturated carbocycles.